The number of nitrogens with zero attached hydrogens (tertiary/aromatic N) is 2. The summed E-state index contributed by atoms with van der Waals surface area (Å²) in [6, 6.07) is 17.8. The van der Waals surface area contributed by atoms with Gasteiger partial charge in [-0.25, -0.2) is 9.97 Å². The zero-order valence-electron chi connectivity index (χ0n) is 17.7. The molecule has 7 heteroatoms. The average molecular weight is 418 g/mol. The zero-order chi connectivity index (χ0) is 22.1. The van der Waals surface area contributed by atoms with Gasteiger partial charge in [0.15, 0.2) is 5.88 Å². The summed E-state index contributed by atoms with van der Waals surface area (Å²) in [7, 11) is 3.12. The molecule has 0 amide bonds. The lowest BCUT2D eigenvalue weighted by atomic mass is 10.1. The molecule has 31 heavy (non-hydrogen) atoms. The van der Waals surface area contributed by atoms with Gasteiger partial charge in [-0.3, -0.25) is 4.79 Å². The Morgan fingerprint density at radius 2 is 1.81 bits per heavy atom. The number of benzene rings is 2. The van der Waals surface area contributed by atoms with Gasteiger partial charge in [0.05, 0.1) is 13.5 Å². The van der Waals surface area contributed by atoms with Gasteiger partial charge in [0, 0.05) is 30.9 Å². The third kappa shape index (κ3) is 6.57. The van der Waals surface area contributed by atoms with Crippen molar-refractivity contribution in [2.75, 3.05) is 24.8 Å². The van der Waals surface area contributed by atoms with Gasteiger partial charge in [0.1, 0.15) is 18.2 Å². The molecule has 0 aliphatic carbocycles. The Kier molecular flexibility index (Phi) is 7.59. The van der Waals surface area contributed by atoms with Crippen LogP contribution in [-0.4, -0.2) is 30.1 Å². The first-order chi connectivity index (χ1) is 15.1. The molecule has 0 radical (unpaired) electrons. The number of nitrogens with one attached hydrogen (secondary N) is 2. The molecule has 0 fully saturated rings. The van der Waals surface area contributed by atoms with Crippen LogP contribution in [0.15, 0.2) is 73.3 Å². The van der Waals surface area contributed by atoms with Crippen molar-refractivity contribution in [1.29, 1.82) is 0 Å². The number of ether oxygens (including phenoxy) is 2. The number of hydrogen-bond donors (Lipinski definition) is 2. The van der Waals surface area contributed by atoms with E-state index >= 15 is 0 Å². The van der Waals surface area contributed by atoms with Gasteiger partial charge in [0.2, 0.25) is 0 Å². The summed E-state index contributed by atoms with van der Waals surface area (Å²) in [5.74, 6) is 1.44. The number of carbonyl (C=O) groups excluding carboxylic acids is 1. The van der Waals surface area contributed by atoms with E-state index < -0.39 is 0 Å². The van der Waals surface area contributed by atoms with Gasteiger partial charge in [0.25, 0.3) is 0 Å². The van der Waals surface area contributed by atoms with E-state index in [0.29, 0.717) is 36.1 Å². The minimum Gasteiger partial charge on any atom is -0.475 e. The maximum Gasteiger partial charge on any atom is 0.310 e. The molecule has 0 aliphatic rings. The normalized spacial score (nSPS) is 10.3. The summed E-state index contributed by atoms with van der Waals surface area (Å²) in [5, 5.41) is 6.16. The molecular formula is C24H26N4O3. The van der Waals surface area contributed by atoms with E-state index in [9.17, 15) is 4.79 Å². The maximum atomic E-state index is 11.5. The first kappa shape index (κ1) is 21.8. The number of esters is 1. The fourth-order valence-electron chi connectivity index (χ4n) is 2.93. The molecule has 7 nitrogen and oxygen atoms in total. The summed E-state index contributed by atoms with van der Waals surface area (Å²) in [4.78, 5) is 20.4. The van der Waals surface area contributed by atoms with E-state index in [2.05, 4.69) is 27.2 Å². The lowest BCUT2D eigenvalue weighted by molar-refractivity contribution is -0.139. The number of carbonyl (C=O) groups is 1. The van der Waals surface area contributed by atoms with Crippen molar-refractivity contribution in [1.82, 2.24) is 9.97 Å². The van der Waals surface area contributed by atoms with Gasteiger partial charge in [-0.05, 0) is 29.8 Å². The second kappa shape index (κ2) is 10.8. The van der Waals surface area contributed by atoms with Gasteiger partial charge >= 0.3 is 5.97 Å². The molecule has 0 saturated heterocycles. The van der Waals surface area contributed by atoms with Crippen molar-refractivity contribution >= 4 is 17.5 Å². The lowest BCUT2D eigenvalue weighted by Crippen LogP contribution is -2.10. The molecule has 0 spiro atoms. The first-order valence-corrected chi connectivity index (χ1v) is 9.88. The summed E-state index contributed by atoms with van der Waals surface area (Å²) >= 11 is 0. The van der Waals surface area contributed by atoms with Crippen LogP contribution >= 0.6 is 0 Å². The van der Waals surface area contributed by atoms with E-state index in [-0.39, 0.29) is 12.4 Å². The van der Waals surface area contributed by atoms with Crippen molar-refractivity contribution in [3.05, 3.63) is 95.8 Å². The predicted octanol–water partition coefficient (Wildman–Crippen LogP) is 3.92. The first-order valence-electron chi connectivity index (χ1n) is 9.88. The van der Waals surface area contributed by atoms with E-state index in [4.69, 9.17) is 9.47 Å². The van der Waals surface area contributed by atoms with Crippen LogP contribution in [0.2, 0.25) is 0 Å². The van der Waals surface area contributed by atoms with Crippen LogP contribution in [0, 0.1) is 0 Å². The topological polar surface area (TPSA) is 85.4 Å². The van der Waals surface area contributed by atoms with Crippen molar-refractivity contribution in [2.45, 2.75) is 19.4 Å². The highest BCUT2D eigenvalue weighted by Crippen LogP contribution is 2.17. The van der Waals surface area contributed by atoms with Crippen LogP contribution in [0.4, 0.5) is 11.5 Å². The molecule has 2 aromatic carbocycles. The van der Waals surface area contributed by atoms with Gasteiger partial charge < -0.3 is 20.1 Å². The Balaban J connectivity index is 1.56. The fraction of sp³-hybridized carbons (Fsp3) is 0.208. The highest BCUT2D eigenvalue weighted by Gasteiger charge is 2.11. The SMILES string of the molecule is C=C(Nc1ccc(Cc2ncc(CC(=O)OC)c(NC)n2)cc1)OCc1ccccc1. The molecule has 0 aliphatic heterocycles. The van der Waals surface area contributed by atoms with Gasteiger partial charge in [-0.1, -0.05) is 42.5 Å². The van der Waals surface area contributed by atoms with Crippen LogP contribution in [0.25, 0.3) is 0 Å². The number of rotatable bonds is 10. The number of hydrogen-bond acceptors (Lipinski definition) is 7. The highest BCUT2D eigenvalue weighted by molar-refractivity contribution is 5.74. The van der Waals surface area contributed by atoms with Crippen LogP contribution in [0.5, 0.6) is 0 Å². The van der Waals surface area contributed by atoms with Crippen LogP contribution in [0.1, 0.15) is 22.5 Å². The fourth-order valence-corrected chi connectivity index (χ4v) is 2.93. The summed E-state index contributed by atoms with van der Waals surface area (Å²) in [6.45, 7) is 4.38. The van der Waals surface area contributed by atoms with Crippen molar-refractivity contribution in [3.63, 3.8) is 0 Å². The predicted molar refractivity (Wildman–Crippen MR) is 121 cm³/mol. The molecule has 0 bridgehead atoms. The molecular weight excluding hydrogens is 392 g/mol. The summed E-state index contributed by atoms with van der Waals surface area (Å²) in [6.07, 6.45) is 2.36. The number of aromatic nitrogens is 2. The third-order valence-electron chi connectivity index (χ3n) is 4.57. The Labute approximate surface area is 182 Å². The quantitative estimate of drug-likeness (QED) is 0.381. The molecule has 0 unspecified atom stereocenters. The Morgan fingerprint density at radius 1 is 1.06 bits per heavy atom. The average Bonchev–Trinajstić information content (AvgIpc) is 2.80. The smallest absolute Gasteiger partial charge is 0.310 e. The molecule has 1 heterocycles. The van der Waals surface area contributed by atoms with Crippen LogP contribution in [0.3, 0.4) is 0 Å². The Morgan fingerprint density at radius 3 is 2.48 bits per heavy atom. The second-order valence-electron chi connectivity index (χ2n) is 6.86. The largest absolute Gasteiger partial charge is 0.475 e. The molecule has 160 valence electrons. The lowest BCUT2D eigenvalue weighted by Gasteiger charge is -2.12. The van der Waals surface area contributed by atoms with Crippen molar-refractivity contribution in [3.8, 4) is 0 Å². The molecule has 3 rings (SSSR count). The highest BCUT2D eigenvalue weighted by atomic mass is 16.5. The Hall–Kier alpha value is -3.87. The third-order valence-corrected chi connectivity index (χ3v) is 4.57. The van der Waals surface area contributed by atoms with Gasteiger partial charge in [-0.2, -0.15) is 0 Å². The zero-order valence-corrected chi connectivity index (χ0v) is 17.7. The number of methoxy groups -OCH3 is 1. The van der Waals surface area contributed by atoms with E-state index in [0.717, 1.165) is 16.8 Å². The Bertz CT molecular complexity index is 1020. The molecule has 1 aromatic heterocycles. The van der Waals surface area contributed by atoms with E-state index in [1.807, 2.05) is 54.6 Å². The standard InChI is InChI=1S/C24H26N4O3/c1-17(31-16-19-7-5-4-6-8-19)27-21-11-9-18(10-12-21)13-22-26-15-20(14-23(29)30-3)24(25-2)28-22/h4-12,15,27H,1,13-14,16H2,2-3H3,(H,25,26,28). The van der Waals surface area contributed by atoms with Crippen LogP contribution < -0.4 is 10.6 Å². The molecule has 0 saturated carbocycles. The minimum absolute atomic E-state index is 0.129. The number of anilines is 2. The minimum atomic E-state index is -0.328. The maximum absolute atomic E-state index is 11.5. The molecule has 0 atom stereocenters. The van der Waals surface area contributed by atoms with Crippen LogP contribution in [-0.2, 0) is 33.7 Å². The van der Waals surface area contributed by atoms with Gasteiger partial charge in [-0.15, -0.1) is 0 Å². The van der Waals surface area contributed by atoms with Crippen molar-refractivity contribution < 1.29 is 14.3 Å². The molecule has 3 aromatic rings. The monoisotopic (exact) mass is 418 g/mol. The molecule has 2 N–H and O–H groups in total. The summed E-state index contributed by atoms with van der Waals surface area (Å²) in [5.41, 5.74) is 3.72. The van der Waals surface area contributed by atoms with E-state index in [1.165, 1.54) is 7.11 Å². The summed E-state index contributed by atoms with van der Waals surface area (Å²) < 4.78 is 10.4. The van der Waals surface area contributed by atoms with E-state index in [1.54, 1.807) is 13.2 Å². The van der Waals surface area contributed by atoms with Crippen molar-refractivity contribution in [2.24, 2.45) is 0 Å². The second-order valence-corrected chi connectivity index (χ2v) is 6.86.